The van der Waals surface area contributed by atoms with Crippen LogP contribution in [0.4, 0.5) is 4.39 Å². The summed E-state index contributed by atoms with van der Waals surface area (Å²) in [6.45, 7) is 1.95. The summed E-state index contributed by atoms with van der Waals surface area (Å²) < 4.78 is 13.9. The Hall–Kier alpha value is -2.82. The zero-order valence-corrected chi connectivity index (χ0v) is 13.9. The number of benzene rings is 1. The maximum absolute atomic E-state index is 13.9. The molecule has 0 unspecified atom stereocenters. The van der Waals surface area contributed by atoms with Gasteiger partial charge in [-0.05, 0) is 48.4 Å². The van der Waals surface area contributed by atoms with E-state index >= 15 is 0 Å². The molecule has 24 heavy (non-hydrogen) atoms. The van der Waals surface area contributed by atoms with Gasteiger partial charge in [-0.3, -0.25) is 9.78 Å². The van der Waals surface area contributed by atoms with Crippen molar-refractivity contribution in [2.45, 2.75) is 13.3 Å². The fraction of sp³-hybridized carbons (Fsp3) is 0.211. The number of halogens is 1. The Morgan fingerprint density at radius 2 is 2.00 bits per heavy atom. The lowest BCUT2D eigenvalue weighted by molar-refractivity contribution is -0.127. The molecule has 0 spiro atoms. The molecule has 3 aromatic rings. The van der Waals surface area contributed by atoms with Gasteiger partial charge in [0.25, 0.3) is 0 Å². The van der Waals surface area contributed by atoms with Crippen LogP contribution in [0.15, 0.2) is 42.6 Å². The standard InChI is InChI=1S/C19H18FN3O/c1-12-9-17(19-15(20)5-4-8-21-19)22-16-7-6-13(10-14(12)16)11-18(24)23(2)3/h4-10H,11H2,1-3H3. The number of carbonyl (C=O) groups excluding carboxylic acids is 1. The Morgan fingerprint density at radius 3 is 2.71 bits per heavy atom. The lowest BCUT2D eigenvalue weighted by Gasteiger charge is -2.11. The maximum Gasteiger partial charge on any atom is 0.226 e. The van der Waals surface area contributed by atoms with Gasteiger partial charge in [-0.1, -0.05) is 6.07 Å². The van der Waals surface area contributed by atoms with Gasteiger partial charge >= 0.3 is 0 Å². The average Bonchev–Trinajstić information content (AvgIpc) is 2.55. The SMILES string of the molecule is Cc1cc(-c2ncccc2F)nc2ccc(CC(=O)N(C)C)cc12. The molecule has 0 saturated heterocycles. The number of carbonyl (C=O) groups is 1. The molecule has 0 atom stereocenters. The van der Waals surface area contributed by atoms with E-state index in [2.05, 4.69) is 9.97 Å². The topological polar surface area (TPSA) is 46.1 Å². The molecular weight excluding hydrogens is 305 g/mol. The second-order valence-corrected chi connectivity index (χ2v) is 5.97. The molecule has 0 fully saturated rings. The number of likely N-dealkylation sites (N-methyl/N-ethyl adjacent to an activating group) is 1. The molecule has 0 aliphatic heterocycles. The van der Waals surface area contributed by atoms with E-state index in [9.17, 15) is 9.18 Å². The Labute approximate surface area is 140 Å². The molecule has 122 valence electrons. The summed E-state index contributed by atoms with van der Waals surface area (Å²) >= 11 is 0. The summed E-state index contributed by atoms with van der Waals surface area (Å²) in [4.78, 5) is 22.1. The van der Waals surface area contributed by atoms with Gasteiger partial charge < -0.3 is 4.90 Å². The van der Waals surface area contributed by atoms with Crippen LogP contribution in [0.3, 0.4) is 0 Å². The molecule has 1 aromatic carbocycles. The third-order valence-corrected chi connectivity index (χ3v) is 3.94. The van der Waals surface area contributed by atoms with E-state index in [0.717, 1.165) is 22.0 Å². The lowest BCUT2D eigenvalue weighted by atomic mass is 10.0. The van der Waals surface area contributed by atoms with Gasteiger partial charge in [0.2, 0.25) is 5.91 Å². The zero-order chi connectivity index (χ0) is 17.3. The summed E-state index contributed by atoms with van der Waals surface area (Å²) in [6.07, 6.45) is 1.90. The Bertz CT molecular complexity index is 922. The van der Waals surface area contributed by atoms with Crippen molar-refractivity contribution >= 4 is 16.8 Å². The first kappa shape index (κ1) is 16.1. The number of aryl methyl sites for hydroxylation is 1. The first-order valence-corrected chi connectivity index (χ1v) is 7.67. The smallest absolute Gasteiger partial charge is 0.226 e. The fourth-order valence-electron chi connectivity index (χ4n) is 2.58. The number of aromatic nitrogens is 2. The molecular formula is C19H18FN3O. The molecule has 0 aliphatic rings. The van der Waals surface area contributed by atoms with Gasteiger partial charge in [0.05, 0.1) is 17.6 Å². The van der Waals surface area contributed by atoms with Crippen LogP contribution >= 0.6 is 0 Å². The summed E-state index contributed by atoms with van der Waals surface area (Å²) in [7, 11) is 3.48. The van der Waals surface area contributed by atoms with Crippen molar-refractivity contribution in [2.75, 3.05) is 14.1 Å². The van der Waals surface area contributed by atoms with Crippen LogP contribution in [-0.2, 0) is 11.2 Å². The molecule has 0 saturated carbocycles. The third kappa shape index (κ3) is 3.11. The van der Waals surface area contributed by atoms with E-state index in [0.29, 0.717) is 12.1 Å². The predicted molar refractivity (Wildman–Crippen MR) is 92.1 cm³/mol. The largest absolute Gasteiger partial charge is 0.349 e. The van der Waals surface area contributed by atoms with Crippen LogP contribution in [0.5, 0.6) is 0 Å². The third-order valence-electron chi connectivity index (χ3n) is 3.94. The predicted octanol–water partition coefficient (Wildman–Crippen LogP) is 3.38. The molecule has 5 heteroatoms. The highest BCUT2D eigenvalue weighted by atomic mass is 19.1. The zero-order valence-electron chi connectivity index (χ0n) is 13.9. The quantitative estimate of drug-likeness (QED) is 0.742. The molecule has 2 aromatic heterocycles. The molecule has 0 radical (unpaired) electrons. The minimum Gasteiger partial charge on any atom is -0.349 e. The molecule has 0 aliphatic carbocycles. The monoisotopic (exact) mass is 323 g/mol. The summed E-state index contributed by atoms with van der Waals surface area (Å²) in [5.74, 6) is -0.343. The van der Waals surface area contributed by atoms with Crippen LogP contribution in [0.2, 0.25) is 0 Å². The van der Waals surface area contributed by atoms with E-state index in [1.807, 2.05) is 31.2 Å². The van der Waals surface area contributed by atoms with Gasteiger partial charge in [-0.15, -0.1) is 0 Å². The highest BCUT2D eigenvalue weighted by Gasteiger charge is 2.12. The van der Waals surface area contributed by atoms with Gasteiger partial charge in [0, 0.05) is 25.7 Å². The van der Waals surface area contributed by atoms with E-state index in [1.165, 1.54) is 6.07 Å². The molecule has 2 heterocycles. The van der Waals surface area contributed by atoms with E-state index in [4.69, 9.17) is 0 Å². The molecule has 0 N–H and O–H groups in total. The molecule has 0 bridgehead atoms. The number of hydrogen-bond donors (Lipinski definition) is 0. The summed E-state index contributed by atoms with van der Waals surface area (Å²) in [5, 5.41) is 0.958. The van der Waals surface area contributed by atoms with E-state index < -0.39 is 5.82 Å². The summed E-state index contributed by atoms with van der Waals surface area (Å²) in [5.41, 5.74) is 3.42. The maximum atomic E-state index is 13.9. The highest BCUT2D eigenvalue weighted by molar-refractivity contribution is 5.87. The minimum atomic E-state index is -0.392. The van der Waals surface area contributed by atoms with Crippen molar-refractivity contribution in [2.24, 2.45) is 0 Å². The van der Waals surface area contributed by atoms with E-state index in [1.54, 1.807) is 31.3 Å². The number of pyridine rings is 2. The molecule has 3 rings (SSSR count). The first-order chi connectivity index (χ1) is 11.5. The first-order valence-electron chi connectivity index (χ1n) is 7.67. The van der Waals surface area contributed by atoms with Gasteiger partial charge in [0.1, 0.15) is 5.69 Å². The summed E-state index contributed by atoms with van der Waals surface area (Å²) in [6, 6.07) is 10.5. The number of nitrogens with zero attached hydrogens (tertiary/aromatic N) is 3. The van der Waals surface area contributed by atoms with Crippen LogP contribution < -0.4 is 0 Å². The number of amides is 1. The molecule has 4 nitrogen and oxygen atoms in total. The van der Waals surface area contributed by atoms with Crippen LogP contribution in [0.1, 0.15) is 11.1 Å². The van der Waals surface area contributed by atoms with E-state index in [-0.39, 0.29) is 11.6 Å². The second-order valence-electron chi connectivity index (χ2n) is 5.97. The van der Waals surface area contributed by atoms with Crippen molar-refractivity contribution in [3.05, 3.63) is 59.5 Å². The van der Waals surface area contributed by atoms with Gasteiger partial charge in [-0.25, -0.2) is 9.37 Å². The van der Waals surface area contributed by atoms with Crippen LogP contribution in [0.25, 0.3) is 22.3 Å². The van der Waals surface area contributed by atoms with Crippen molar-refractivity contribution < 1.29 is 9.18 Å². The molecule has 1 amide bonds. The number of rotatable bonds is 3. The van der Waals surface area contributed by atoms with Gasteiger partial charge in [0.15, 0.2) is 5.82 Å². The normalized spacial score (nSPS) is 10.8. The van der Waals surface area contributed by atoms with Crippen molar-refractivity contribution in [1.82, 2.24) is 14.9 Å². The second kappa shape index (κ2) is 6.35. The lowest BCUT2D eigenvalue weighted by Crippen LogP contribution is -2.23. The number of hydrogen-bond acceptors (Lipinski definition) is 3. The minimum absolute atomic E-state index is 0.0483. The van der Waals surface area contributed by atoms with Crippen LogP contribution in [0, 0.1) is 12.7 Å². The average molecular weight is 323 g/mol. The number of fused-ring (bicyclic) bond motifs is 1. The fourth-order valence-corrected chi connectivity index (χ4v) is 2.58. The Kier molecular flexibility index (Phi) is 4.25. The highest BCUT2D eigenvalue weighted by Crippen LogP contribution is 2.25. The van der Waals surface area contributed by atoms with Gasteiger partial charge in [-0.2, -0.15) is 0 Å². The van der Waals surface area contributed by atoms with Crippen LogP contribution in [-0.4, -0.2) is 34.9 Å². The van der Waals surface area contributed by atoms with Crippen molar-refractivity contribution in [1.29, 1.82) is 0 Å². The van der Waals surface area contributed by atoms with Crippen molar-refractivity contribution in [3.8, 4) is 11.4 Å². The Morgan fingerprint density at radius 1 is 1.21 bits per heavy atom. The Balaban J connectivity index is 2.04. The van der Waals surface area contributed by atoms with Crippen molar-refractivity contribution in [3.63, 3.8) is 0 Å².